The maximum atomic E-state index is 12.1. The van der Waals surface area contributed by atoms with Crippen molar-refractivity contribution in [1.82, 2.24) is 10.2 Å². The van der Waals surface area contributed by atoms with E-state index in [9.17, 15) is 4.79 Å². The summed E-state index contributed by atoms with van der Waals surface area (Å²) >= 11 is 5.91. The van der Waals surface area contributed by atoms with Gasteiger partial charge >= 0.3 is 0 Å². The highest BCUT2D eigenvalue weighted by Gasteiger charge is 2.14. The Bertz CT molecular complexity index is 488. The zero-order valence-corrected chi connectivity index (χ0v) is 14.6. The molecule has 1 heterocycles. The fourth-order valence-corrected chi connectivity index (χ4v) is 3.00. The molecular formula is C18H27ClN2O2. The fourth-order valence-electron chi connectivity index (χ4n) is 2.82. The van der Waals surface area contributed by atoms with Gasteiger partial charge in [-0.3, -0.25) is 4.79 Å². The van der Waals surface area contributed by atoms with Crippen LogP contribution in [0.3, 0.4) is 0 Å². The number of hydrogen-bond acceptors (Lipinski definition) is 3. The van der Waals surface area contributed by atoms with Gasteiger partial charge in [-0.1, -0.05) is 30.5 Å². The number of nitrogens with zero attached hydrogens (tertiary/aromatic N) is 1. The van der Waals surface area contributed by atoms with Gasteiger partial charge in [0, 0.05) is 11.6 Å². The van der Waals surface area contributed by atoms with E-state index in [1.807, 2.05) is 6.07 Å². The number of likely N-dealkylation sites (tertiary alicyclic amines) is 1. The number of carbonyl (C=O) groups is 1. The van der Waals surface area contributed by atoms with E-state index >= 15 is 0 Å². The van der Waals surface area contributed by atoms with Gasteiger partial charge in [0.1, 0.15) is 5.75 Å². The molecule has 0 aromatic heterocycles. The smallest absolute Gasteiger partial charge is 0.260 e. The predicted octanol–water partition coefficient (Wildman–Crippen LogP) is 3.49. The first-order valence-corrected chi connectivity index (χ1v) is 8.95. The number of halogens is 1. The molecule has 0 saturated carbocycles. The molecular weight excluding hydrogens is 312 g/mol. The highest BCUT2D eigenvalue weighted by molar-refractivity contribution is 6.30. The van der Waals surface area contributed by atoms with E-state index in [1.165, 1.54) is 38.8 Å². The summed E-state index contributed by atoms with van der Waals surface area (Å²) in [4.78, 5) is 14.6. The molecule has 1 N–H and O–H groups in total. The minimum atomic E-state index is -0.522. The van der Waals surface area contributed by atoms with Crippen LogP contribution in [0.15, 0.2) is 24.3 Å². The van der Waals surface area contributed by atoms with Crippen LogP contribution in [0.4, 0.5) is 0 Å². The Morgan fingerprint density at radius 3 is 2.74 bits per heavy atom. The first kappa shape index (κ1) is 18.1. The molecule has 1 aliphatic rings. The highest BCUT2D eigenvalue weighted by atomic mass is 35.5. The number of amides is 1. The zero-order chi connectivity index (χ0) is 16.5. The number of benzene rings is 1. The zero-order valence-electron chi connectivity index (χ0n) is 13.9. The molecule has 128 valence electrons. The summed E-state index contributed by atoms with van der Waals surface area (Å²) in [5, 5.41) is 3.55. The van der Waals surface area contributed by atoms with Crippen LogP contribution in [0.1, 0.15) is 39.0 Å². The van der Waals surface area contributed by atoms with Gasteiger partial charge in [0.25, 0.3) is 5.91 Å². The van der Waals surface area contributed by atoms with Gasteiger partial charge in [0.2, 0.25) is 0 Å². The molecule has 0 bridgehead atoms. The Kier molecular flexibility index (Phi) is 7.69. The van der Waals surface area contributed by atoms with Crippen molar-refractivity contribution in [3.05, 3.63) is 29.3 Å². The molecule has 1 atom stereocenters. The number of carbonyl (C=O) groups excluding carboxylic acids is 1. The Morgan fingerprint density at radius 2 is 2.04 bits per heavy atom. The largest absolute Gasteiger partial charge is 0.481 e. The third kappa shape index (κ3) is 6.80. The van der Waals surface area contributed by atoms with Gasteiger partial charge in [-0.25, -0.2) is 0 Å². The van der Waals surface area contributed by atoms with Crippen molar-refractivity contribution in [3.63, 3.8) is 0 Å². The average molecular weight is 339 g/mol. The van der Waals surface area contributed by atoms with Crippen LogP contribution in [0.2, 0.25) is 5.02 Å². The molecule has 23 heavy (non-hydrogen) atoms. The van der Waals surface area contributed by atoms with E-state index in [4.69, 9.17) is 16.3 Å². The lowest BCUT2D eigenvalue weighted by Gasteiger charge is -2.20. The van der Waals surface area contributed by atoms with Crippen LogP contribution in [-0.2, 0) is 4.79 Å². The summed E-state index contributed by atoms with van der Waals surface area (Å²) in [6, 6.07) is 7.10. The fraction of sp³-hybridized carbons (Fsp3) is 0.611. The molecule has 1 aromatic carbocycles. The van der Waals surface area contributed by atoms with E-state index in [0.717, 1.165) is 13.0 Å². The van der Waals surface area contributed by atoms with Crippen LogP contribution < -0.4 is 10.1 Å². The quantitative estimate of drug-likeness (QED) is 0.774. The van der Waals surface area contributed by atoms with Crippen LogP contribution in [-0.4, -0.2) is 43.1 Å². The summed E-state index contributed by atoms with van der Waals surface area (Å²) in [7, 11) is 0. The lowest BCUT2D eigenvalue weighted by atomic mass is 10.2. The van der Waals surface area contributed by atoms with Crippen molar-refractivity contribution in [2.75, 3.05) is 26.2 Å². The topological polar surface area (TPSA) is 41.6 Å². The van der Waals surface area contributed by atoms with Gasteiger partial charge in [-0.05, 0) is 64.0 Å². The lowest BCUT2D eigenvalue weighted by Crippen LogP contribution is -2.38. The van der Waals surface area contributed by atoms with Crippen molar-refractivity contribution in [3.8, 4) is 5.75 Å². The number of ether oxygens (including phenoxy) is 1. The molecule has 1 fully saturated rings. The van der Waals surface area contributed by atoms with Gasteiger partial charge in [-0.2, -0.15) is 0 Å². The monoisotopic (exact) mass is 338 g/mol. The van der Waals surface area contributed by atoms with Crippen molar-refractivity contribution in [1.29, 1.82) is 0 Å². The Balaban J connectivity index is 1.63. The molecule has 2 rings (SSSR count). The molecule has 5 heteroatoms. The summed E-state index contributed by atoms with van der Waals surface area (Å²) in [6.07, 6.45) is 5.77. The first-order valence-electron chi connectivity index (χ1n) is 8.57. The summed E-state index contributed by atoms with van der Waals surface area (Å²) in [5.74, 6) is 0.533. The number of hydrogen-bond donors (Lipinski definition) is 1. The Morgan fingerprint density at radius 1 is 1.30 bits per heavy atom. The second kappa shape index (κ2) is 9.78. The molecule has 0 aliphatic carbocycles. The second-order valence-electron chi connectivity index (χ2n) is 6.12. The van der Waals surface area contributed by atoms with Crippen molar-refractivity contribution in [2.24, 2.45) is 0 Å². The molecule has 0 spiro atoms. The van der Waals surface area contributed by atoms with E-state index in [-0.39, 0.29) is 5.91 Å². The SMILES string of the molecule is C[C@H](Oc1cccc(Cl)c1)C(=O)NCCCN1CCCCCC1. The van der Waals surface area contributed by atoms with Gasteiger partial charge in [0.05, 0.1) is 0 Å². The third-order valence-corrected chi connectivity index (χ3v) is 4.36. The van der Waals surface area contributed by atoms with E-state index in [1.54, 1.807) is 25.1 Å². The normalized spacial score (nSPS) is 17.3. The maximum absolute atomic E-state index is 12.1. The second-order valence-corrected chi connectivity index (χ2v) is 6.55. The molecule has 1 aliphatic heterocycles. The van der Waals surface area contributed by atoms with Crippen molar-refractivity contribution < 1.29 is 9.53 Å². The van der Waals surface area contributed by atoms with E-state index in [0.29, 0.717) is 17.3 Å². The third-order valence-electron chi connectivity index (χ3n) is 4.13. The lowest BCUT2D eigenvalue weighted by molar-refractivity contribution is -0.127. The van der Waals surface area contributed by atoms with Gasteiger partial charge in [0.15, 0.2) is 6.10 Å². The van der Waals surface area contributed by atoms with Gasteiger partial charge in [-0.15, -0.1) is 0 Å². The average Bonchev–Trinajstić information content (AvgIpc) is 2.80. The summed E-state index contributed by atoms with van der Waals surface area (Å²) in [6.45, 7) is 5.90. The first-order chi connectivity index (χ1) is 11.1. The van der Waals surface area contributed by atoms with Crippen molar-refractivity contribution >= 4 is 17.5 Å². The van der Waals surface area contributed by atoms with Crippen LogP contribution >= 0.6 is 11.6 Å². The predicted molar refractivity (Wildman–Crippen MR) is 94.1 cm³/mol. The summed E-state index contributed by atoms with van der Waals surface area (Å²) in [5.41, 5.74) is 0. The van der Waals surface area contributed by atoms with Crippen molar-refractivity contribution in [2.45, 2.75) is 45.1 Å². The summed E-state index contributed by atoms with van der Waals surface area (Å²) < 4.78 is 5.61. The molecule has 1 aromatic rings. The number of rotatable bonds is 7. The van der Waals surface area contributed by atoms with Gasteiger partial charge < -0.3 is 15.0 Å². The molecule has 0 unspecified atom stereocenters. The minimum absolute atomic E-state index is 0.0826. The molecule has 4 nitrogen and oxygen atoms in total. The van der Waals surface area contributed by atoms with Crippen LogP contribution in [0.5, 0.6) is 5.75 Å². The maximum Gasteiger partial charge on any atom is 0.260 e. The highest BCUT2D eigenvalue weighted by Crippen LogP contribution is 2.18. The molecule has 1 amide bonds. The Labute approximate surface area is 144 Å². The van der Waals surface area contributed by atoms with E-state index in [2.05, 4.69) is 10.2 Å². The number of nitrogens with one attached hydrogen (secondary N) is 1. The minimum Gasteiger partial charge on any atom is -0.481 e. The van der Waals surface area contributed by atoms with Crippen LogP contribution in [0, 0.1) is 0 Å². The standard InChI is InChI=1S/C18H27ClN2O2/c1-15(23-17-9-6-8-16(19)14-17)18(22)20-10-7-13-21-11-4-2-3-5-12-21/h6,8-9,14-15H,2-5,7,10-13H2,1H3,(H,20,22)/t15-/m0/s1. The Hall–Kier alpha value is -1.26. The van der Waals surface area contributed by atoms with E-state index < -0.39 is 6.10 Å². The van der Waals surface area contributed by atoms with Crippen LogP contribution in [0.25, 0.3) is 0 Å². The molecule has 0 radical (unpaired) electrons. The molecule has 1 saturated heterocycles.